The monoisotopic (exact) mass is 716 g/mol. The zero-order chi connectivity index (χ0) is 38.0. The maximum Gasteiger partial charge on any atom is 0.266 e. The first-order valence-corrected chi connectivity index (χ1v) is 17.7. The first-order chi connectivity index (χ1) is 26.6. The van der Waals surface area contributed by atoms with Gasteiger partial charge in [0, 0.05) is 11.4 Å². The van der Waals surface area contributed by atoms with Gasteiger partial charge in [-0.05, 0) is 130 Å². The fourth-order valence-corrected chi connectivity index (χ4v) is 7.42. The highest BCUT2D eigenvalue weighted by molar-refractivity contribution is 6.35. The van der Waals surface area contributed by atoms with E-state index in [-0.39, 0.29) is 23.6 Å². The molecule has 2 aliphatic heterocycles. The molecule has 4 N–H and O–H groups in total. The average molecular weight is 717 g/mol. The van der Waals surface area contributed by atoms with Crippen LogP contribution in [0.25, 0.3) is 44.5 Å². The second-order valence-electron chi connectivity index (χ2n) is 13.8. The van der Waals surface area contributed by atoms with Crippen LogP contribution in [0.5, 0.6) is 0 Å². The first kappa shape index (κ1) is 33.3. The van der Waals surface area contributed by atoms with Crippen LogP contribution in [-0.2, 0) is 0 Å². The van der Waals surface area contributed by atoms with E-state index >= 15 is 0 Å². The van der Waals surface area contributed by atoms with Gasteiger partial charge in [-0.2, -0.15) is 0 Å². The Morgan fingerprint density at radius 1 is 0.327 bits per heavy atom. The van der Waals surface area contributed by atoms with Crippen molar-refractivity contribution >= 4 is 46.4 Å². The molecule has 0 radical (unpaired) electrons. The van der Waals surface area contributed by atoms with Gasteiger partial charge in [-0.25, -0.2) is 9.80 Å². The van der Waals surface area contributed by atoms with Crippen molar-refractivity contribution in [3.05, 3.63) is 179 Å². The van der Waals surface area contributed by atoms with Crippen molar-refractivity contribution < 1.29 is 19.2 Å². The van der Waals surface area contributed by atoms with Gasteiger partial charge >= 0.3 is 0 Å². The molecule has 0 unspecified atom stereocenters. The van der Waals surface area contributed by atoms with Crippen molar-refractivity contribution in [3.63, 3.8) is 0 Å². The average Bonchev–Trinajstić information content (AvgIpc) is 3.61. The Balaban J connectivity index is 0.911. The second-order valence-corrected chi connectivity index (χ2v) is 13.8. The van der Waals surface area contributed by atoms with Gasteiger partial charge in [0.15, 0.2) is 0 Å². The van der Waals surface area contributed by atoms with Crippen molar-refractivity contribution in [1.82, 2.24) is 0 Å². The van der Waals surface area contributed by atoms with Crippen molar-refractivity contribution in [2.24, 2.45) is 0 Å². The molecule has 9 rings (SSSR count). The van der Waals surface area contributed by atoms with Crippen LogP contribution in [-0.4, -0.2) is 23.6 Å². The van der Waals surface area contributed by atoms with Crippen LogP contribution in [0.15, 0.2) is 152 Å². The maximum absolute atomic E-state index is 13.5. The van der Waals surface area contributed by atoms with Gasteiger partial charge in [0.2, 0.25) is 0 Å². The Labute approximate surface area is 316 Å². The number of carbonyl (C=O) groups excluding carboxylic acids is 4. The standard InChI is InChI=1S/C47H32N4O4/c1-27-24-32(30-6-17-37(18-7-30)50-44(52)40-22-11-33(25-42(40)46(50)54)28-2-13-35(48)14-3-28)10-21-39(27)31-8-19-38(20-9-31)51-45(53)41-23-12-34(26-43(41)47(51)55)29-4-15-36(49)16-5-29/h2-26H,48-49H2,1H3. The number of hydrogen-bond donors (Lipinski definition) is 2. The van der Waals surface area contributed by atoms with Gasteiger partial charge in [-0.3, -0.25) is 19.2 Å². The number of anilines is 4. The van der Waals surface area contributed by atoms with Crippen molar-refractivity contribution in [2.45, 2.75) is 6.92 Å². The number of fused-ring (bicyclic) bond motifs is 2. The molecule has 8 nitrogen and oxygen atoms in total. The van der Waals surface area contributed by atoms with E-state index in [9.17, 15) is 19.2 Å². The van der Waals surface area contributed by atoms with Gasteiger partial charge in [-0.1, -0.05) is 78.9 Å². The van der Waals surface area contributed by atoms with Crippen LogP contribution in [0.3, 0.4) is 0 Å². The largest absolute Gasteiger partial charge is 0.399 e. The van der Waals surface area contributed by atoms with Gasteiger partial charge < -0.3 is 11.5 Å². The predicted molar refractivity (Wildman–Crippen MR) is 217 cm³/mol. The van der Waals surface area contributed by atoms with Crippen LogP contribution in [0.2, 0.25) is 0 Å². The Bertz CT molecular complexity index is 2740. The number of nitrogens with two attached hydrogens (primary N) is 2. The topological polar surface area (TPSA) is 127 Å². The number of imide groups is 2. The molecule has 0 saturated heterocycles. The van der Waals surface area contributed by atoms with Crippen molar-refractivity contribution in [2.75, 3.05) is 21.3 Å². The first-order valence-electron chi connectivity index (χ1n) is 17.7. The number of carbonyl (C=O) groups is 4. The van der Waals surface area contributed by atoms with E-state index in [1.807, 2.05) is 79.7 Å². The highest BCUT2D eigenvalue weighted by atomic mass is 16.2. The fourth-order valence-electron chi connectivity index (χ4n) is 7.42. The Hall–Kier alpha value is -7.58. The molecule has 7 aromatic carbocycles. The lowest BCUT2D eigenvalue weighted by Crippen LogP contribution is -2.29. The van der Waals surface area contributed by atoms with E-state index < -0.39 is 0 Å². The summed E-state index contributed by atoms with van der Waals surface area (Å²) in [4.78, 5) is 56.2. The Morgan fingerprint density at radius 2 is 0.636 bits per heavy atom. The lowest BCUT2D eigenvalue weighted by atomic mass is 9.95. The number of amides is 4. The van der Waals surface area contributed by atoms with Gasteiger partial charge in [0.25, 0.3) is 23.6 Å². The van der Waals surface area contributed by atoms with Crippen LogP contribution in [0, 0.1) is 6.92 Å². The minimum Gasteiger partial charge on any atom is -0.399 e. The minimum atomic E-state index is -0.359. The molecule has 0 saturated carbocycles. The van der Waals surface area contributed by atoms with Crippen molar-refractivity contribution in [1.29, 1.82) is 0 Å². The van der Waals surface area contributed by atoms with Crippen LogP contribution in [0.4, 0.5) is 22.7 Å². The lowest BCUT2D eigenvalue weighted by molar-refractivity contribution is 0.0910. The van der Waals surface area contributed by atoms with E-state index in [2.05, 4.69) is 6.07 Å². The third-order valence-corrected chi connectivity index (χ3v) is 10.4. The predicted octanol–water partition coefficient (Wildman–Crippen LogP) is 9.43. The summed E-state index contributed by atoms with van der Waals surface area (Å²) in [6.07, 6.45) is 0. The summed E-state index contributed by atoms with van der Waals surface area (Å²) >= 11 is 0. The SMILES string of the molecule is Cc1cc(-c2ccc(N3C(=O)c4ccc(-c5ccc(N)cc5)cc4C3=O)cc2)ccc1-c1ccc(N2C(=O)c3ccc(-c4ccc(N)cc4)cc3C2=O)cc1. The summed E-state index contributed by atoms with van der Waals surface area (Å²) in [6, 6.07) is 46.3. The molecule has 8 heteroatoms. The Morgan fingerprint density at radius 3 is 1.04 bits per heavy atom. The fraction of sp³-hybridized carbons (Fsp3) is 0.0213. The number of rotatable bonds is 6. The third kappa shape index (κ3) is 5.64. The summed E-state index contributed by atoms with van der Waals surface area (Å²) in [7, 11) is 0. The number of nitrogens with zero attached hydrogens (tertiary/aromatic N) is 2. The van der Waals surface area contributed by atoms with Gasteiger partial charge in [0.05, 0.1) is 33.6 Å². The summed E-state index contributed by atoms with van der Waals surface area (Å²) < 4.78 is 0. The Kier molecular flexibility index (Phi) is 7.76. The number of aryl methyl sites for hydroxylation is 1. The molecule has 7 aromatic rings. The highest BCUT2D eigenvalue weighted by Gasteiger charge is 2.38. The zero-order valence-corrected chi connectivity index (χ0v) is 29.6. The number of hydrogen-bond acceptors (Lipinski definition) is 6. The molecule has 55 heavy (non-hydrogen) atoms. The molecule has 0 bridgehead atoms. The molecule has 0 aromatic heterocycles. The molecule has 0 aliphatic carbocycles. The van der Waals surface area contributed by atoms with Crippen LogP contribution >= 0.6 is 0 Å². The molecular formula is C47H32N4O4. The lowest BCUT2D eigenvalue weighted by Gasteiger charge is -2.16. The van der Waals surface area contributed by atoms with E-state index in [0.29, 0.717) is 45.0 Å². The minimum absolute atomic E-state index is 0.352. The van der Waals surface area contributed by atoms with E-state index in [1.165, 1.54) is 9.80 Å². The normalized spacial score (nSPS) is 13.4. The molecule has 4 amide bonds. The molecule has 0 fully saturated rings. The summed E-state index contributed by atoms with van der Waals surface area (Å²) in [5, 5.41) is 0. The molecule has 2 aliphatic rings. The number of nitrogen functional groups attached to an aromatic ring is 2. The van der Waals surface area contributed by atoms with Gasteiger partial charge in [0.1, 0.15) is 0 Å². The van der Waals surface area contributed by atoms with Crippen LogP contribution in [0.1, 0.15) is 47.0 Å². The summed E-state index contributed by atoms with van der Waals surface area (Å²) in [5.41, 5.74) is 23.8. The molecule has 0 atom stereocenters. The highest BCUT2D eigenvalue weighted by Crippen LogP contribution is 2.36. The van der Waals surface area contributed by atoms with E-state index in [4.69, 9.17) is 11.5 Å². The summed E-state index contributed by atoms with van der Waals surface area (Å²) in [6.45, 7) is 2.03. The number of benzene rings is 7. The second kappa shape index (κ2) is 12.8. The maximum atomic E-state index is 13.5. The van der Waals surface area contributed by atoms with Crippen LogP contribution < -0.4 is 21.3 Å². The van der Waals surface area contributed by atoms with E-state index in [1.54, 1.807) is 72.8 Å². The van der Waals surface area contributed by atoms with Crippen molar-refractivity contribution in [3.8, 4) is 44.5 Å². The summed E-state index contributed by atoms with van der Waals surface area (Å²) in [5.74, 6) is -1.42. The molecule has 264 valence electrons. The molecule has 0 spiro atoms. The quantitative estimate of drug-likeness (QED) is 0.130. The zero-order valence-electron chi connectivity index (χ0n) is 29.6. The third-order valence-electron chi connectivity index (χ3n) is 10.4. The van der Waals surface area contributed by atoms with E-state index in [0.717, 1.165) is 50.1 Å². The smallest absolute Gasteiger partial charge is 0.266 e. The van der Waals surface area contributed by atoms with Gasteiger partial charge in [-0.15, -0.1) is 0 Å². The molecule has 2 heterocycles. The molecular weight excluding hydrogens is 685 g/mol.